The van der Waals surface area contributed by atoms with E-state index in [1.165, 1.54) is 23.9 Å². The van der Waals surface area contributed by atoms with E-state index in [-0.39, 0.29) is 28.6 Å². The van der Waals surface area contributed by atoms with Crippen LogP contribution in [0.1, 0.15) is 23.8 Å². The Labute approximate surface area is 149 Å². The number of hydrogen-bond donors (Lipinski definition) is 2. The summed E-state index contributed by atoms with van der Waals surface area (Å²) in [5.41, 5.74) is -0.00301. The number of carbonyl (C=O) groups excluding carboxylic acids is 1. The first-order valence-corrected chi connectivity index (χ1v) is 9.32. The minimum atomic E-state index is -3.85. The number of nitrogens with zero attached hydrogens (tertiary/aromatic N) is 1. The summed E-state index contributed by atoms with van der Waals surface area (Å²) in [7, 11) is -2.35. The zero-order chi connectivity index (χ0) is 19.1. The average molecular weight is 385 g/mol. The molecule has 0 aliphatic carbocycles. The molecular formula is C16H17F2N3O4S. The number of fused-ring (bicyclic) bond motifs is 1. The third-order valence-corrected chi connectivity index (χ3v) is 5.54. The lowest BCUT2D eigenvalue weighted by Gasteiger charge is -2.13. The highest BCUT2D eigenvalue weighted by atomic mass is 32.2. The predicted molar refractivity (Wildman–Crippen MR) is 89.6 cm³/mol. The van der Waals surface area contributed by atoms with Gasteiger partial charge < -0.3 is 14.6 Å². The van der Waals surface area contributed by atoms with E-state index in [1.807, 2.05) is 6.92 Å². The van der Waals surface area contributed by atoms with Gasteiger partial charge >= 0.3 is 0 Å². The van der Waals surface area contributed by atoms with Crippen LogP contribution in [0.15, 0.2) is 29.3 Å². The summed E-state index contributed by atoms with van der Waals surface area (Å²) in [6, 6.07) is 2.50. The van der Waals surface area contributed by atoms with Crippen molar-refractivity contribution < 1.29 is 26.7 Å². The maximum absolute atomic E-state index is 13.3. The average Bonchev–Trinajstić information content (AvgIpc) is 2.86. The fourth-order valence-corrected chi connectivity index (χ4v) is 4.13. The molecule has 0 radical (unpaired) electrons. The van der Waals surface area contributed by atoms with E-state index in [9.17, 15) is 22.0 Å². The molecule has 3 rings (SSSR count). The zero-order valence-electron chi connectivity index (χ0n) is 14.0. The van der Waals surface area contributed by atoms with E-state index in [0.29, 0.717) is 6.42 Å². The monoisotopic (exact) mass is 385 g/mol. The van der Waals surface area contributed by atoms with Gasteiger partial charge in [0.25, 0.3) is 5.91 Å². The summed E-state index contributed by atoms with van der Waals surface area (Å²) in [6.45, 7) is 1.88. The van der Waals surface area contributed by atoms with Crippen LogP contribution in [-0.2, 0) is 17.1 Å². The van der Waals surface area contributed by atoms with Gasteiger partial charge in [0.1, 0.15) is 11.5 Å². The van der Waals surface area contributed by atoms with Gasteiger partial charge in [-0.25, -0.2) is 21.9 Å². The summed E-state index contributed by atoms with van der Waals surface area (Å²) in [4.78, 5) is 12.4. The first-order valence-electron chi connectivity index (χ1n) is 7.83. The van der Waals surface area contributed by atoms with Crippen molar-refractivity contribution in [1.82, 2.24) is 9.29 Å². The molecular weight excluding hydrogens is 368 g/mol. The molecule has 2 aromatic rings. The first kappa shape index (κ1) is 18.3. The van der Waals surface area contributed by atoms with Crippen LogP contribution in [0.5, 0.6) is 5.75 Å². The number of benzene rings is 1. The van der Waals surface area contributed by atoms with Crippen molar-refractivity contribution in [3.63, 3.8) is 0 Å². The van der Waals surface area contributed by atoms with Gasteiger partial charge in [0.2, 0.25) is 10.0 Å². The van der Waals surface area contributed by atoms with Crippen molar-refractivity contribution in [1.29, 1.82) is 0 Å². The predicted octanol–water partition coefficient (Wildman–Crippen LogP) is 2.00. The lowest BCUT2D eigenvalue weighted by atomic mass is 10.2. The smallest absolute Gasteiger partial charge is 0.276 e. The highest BCUT2D eigenvalue weighted by Gasteiger charge is 2.34. The van der Waals surface area contributed by atoms with Crippen molar-refractivity contribution >= 4 is 21.6 Å². The molecule has 0 fully saturated rings. The van der Waals surface area contributed by atoms with Gasteiger partial charge in [-0.3, -0.25) is 4.79 Å². The number of anilines is 1. The number of rotatable bonds is 3. The van der Waals surface area contributed by atoms with Crippen molar-refractivity contribution in [2.24, 2.45) is 7.05 Å². The summed E-state index contributed by atoms with van der Waals surface area (Å²) in [5.74, 6) is -2.93. The highest BCUT2D eigenvalue weighted by molar-refractivity contribution is 7.89. The number of aryl methyl sites for hydroxylation is 1. The Balaban J connectivity index is 1.98. The SMILES string of the molecule is CC[C@H]1COc2c(cn(C)c2C(=O)Nc2ccc(F)c(F)c2)S(=O)(=O)N1. The van der Waals surface area contributed by atoms with Crippen molar-refractivity contribution in [2.75, 3.05) is 11.9 Å². The normalized spacial score (nSPS) is 18.5. The number of sulfonamides is 1. The number of aromatic nitrogens is 1. The van der Waals surface area contributed by atoms with Crippen molar-refractivity contribution in [3.05, 3.63) is 41.7 Å². The molecule has 1 aliphatic heterocycles. The molecule has 1 aliphatic rings. The maximum atomic E-state index is 13.3. The number of amides is 1. The van der Waals surface area contributed by atoms with Crippen LogP contribution in [0.4, 0.5) is 14.5 Å². The molecule has 1 atom stereocenters. The summed E-state index contributed by atoms with van der Waals surface area (Å²) in [6.07, 6.45) is 1.79. The Kier molecular flexibility index (Phi) is 4.72. The molecule has 2 N–H and O–H groups in total. The molecule has 1 amide bonds. The molecule has 26 heavy (non-hydrogen) atoms. The summed E-state index contributed by atoms with van der Waals surface area (Å²) < 4.78 is 60.7. The van der Waals surface area contributed by atoms with Crippen LogP contribution in [0, 0.1) is 11.6 Å². The summed E-state index contributed by atoms with van der Waals surface area (Å²) >= 11 is 0. The Hall–Kier alpha value is -2.46. The van der Waals surface area contributed by atoms with E-state index in [0.717, 1.165) is 12.1 Å². The van der Waals surface area contributed by atoms with E-state index < -0.39 is 33.6 Å². The molecule has 1 aromatic heterocycles. The van der Waals surface area contributed by atoms with Gasteiger partial charge in [-0.05, 0) is 18.6 Å². The number of ether oxygens (including phenoxy) is 1. The lowest BCUT2D eigenvalue weighted by Crippen LogP contribution is -2.36. The molecule has 2 heterocycles. The maximum Gasteiger partial charge on any atom is 0.276 e. The van der Waals surface area contributed by atoms with Crippen LogP contribution in [-0.4, -0.2) is 31.5 Å². The second-order valence-electron chi connectivity index (χ2n) is 5.90. The molecule has 0 saturated carbocycles. The molecule has 0 spiro atoms. The fourth-order valence-electron chi connectivity index (χ4n) is 2.64. The van der Waals surface area contributed by atoms with E-state index >= 15 is 0 Å². The third kappa shape index (κ3) is 3.29. The zero-order valence-corrected chi connectivity index (χ0v) is 14.9. The highest BCUT2D eigenvalue weighted by Crippen LogP contribution is 2.33. The van der Waals surface area contributed by atoms with Crippen molar-refractivity contribution in [3.8, 4) is 5.75 Å². The Morgan fingerprint density at radius 3 is 2.77 bits per heavy atom. The summed E-state index contributed by atoms with van der Waals surface area (Å²) in [5, 5.41) is 2.41. The molecule has 10 heteroatoms. The van der Waals surface area contributed by atoms with E-state index in [2.05, 4.69) is 10.0 Å². The largest absolute Gasteiger partial charge is 0.488 e. The Bertz CT molecular complexity index is 972. The molecule has 0 saturated heterocycles. The van der Waals surface area contributed by atoms with Gasteiger partial charge in [0.05, 0.1) is 6.04 Å². The Morgan fingerprint density at radius 1 is 1.38 bits per heavy atom. The van der Waals surface area contributed by atoms with Gasteiger partial charge in [0, 0.05) is 25.0 Å². The molecule has 1 aromatic carbocycles. The first-order chi connectivity index (χ1) is 12.2. The standard InChI is InChI=1S/C16H17F2N3O4S/c1-3-9-8-25-15-13(26(23,24)20-9)7-21(2)14(15)16(22)19-10-4-5-11(17)12(18)6-10/h4-7,9,20H,3,8H2,1-2H3,(H,19,22)/t9-/m0/s1. The van der Waals surface area contributed by atoms with Crippen LogP contribution in [0.25, 0.3) is 0 Å². The van der Waals surface area contributed by atoms with Crippen LogP contribution >= 0.6 is 0 Å². The lowest BCUT2D eigenvalue weighted by molar-refractivity contribution is 0.101. The minimum Gasteiger partial charge on any atom is -0.488 e. The van der Waals surface area contributed by atoms with Crippen molar-refractivity contribution in [2.45, 2.75) is 24.3 Å². The number of hydrogen-bond acceptors (Lipinski definition) is 4. The van der Waals surface area contributed by atoms with E-state index in [1.54, 1.807) is 0 Å². The van der Waals surface area contributed by atoms with Gasteiger partial charge in [-0.1, -0.05) is 6.92 Å². The van der Waals surface area contributed by atoms with E-state index in [4.69, 9.17) is 4.74 Å². The van der Waals surface area contributed by atoms with Crippen LogP contribution < -0.4 is 14.8 Å². The second kappa shape index (κ2) is 6.69. The van der Waals surface area contributed by atoms with Crippen LogP contribution in [0.3, 0.4) is 0 Å². The number of halogens is 2. The number of nitrogens with one attached hydrogen (secondary N) is 2. The number of carbonyl (C=O) groups is 1. The van der Waals surface area contributed by atoms with Crippen LogP contribution in [0.2, 0.25) is 0 Å². The Morgan fingerprint density at radius 2 is 2.12 bits per heavy atom. The molecule has 140 valence electrons. The fraction of sp³-hybridized carbons (Fsp3) is 0.312. The minimum absolute atomic E-state index is 0.0323. The van der Waals surface area contributed by atoms with Gasteiger partial charge in [-0.2, -0.15) is 0 Å². The van der Waals surface area contributed by atoms with Gasteiger partial charge in [0.15, 0.2) is 23.1 Å². The molecule has 0 unspecified atom stereocenters. The third-order valence-electron chi connectivity index (χ3n) is 4.03. The quantitative estimate of drug-likeness (QED) is 0.846. The van der Waals surface area contributed by atoms with Gasteiger partial charge in [-0.15, -0.1) is 0 Å². The topological polar surface area (TPSA) is 89.4 Å². The molecule has 0 bridgehead atoms. The molecule has 7 nitrogen and oxygen atoms in total. The second-order valence-corrected chi connectivity index (χ2v) is 7.58.